The van der Waals surface area contributed by atoms with Gasteiger partial charge in [-0.3, -0.25) is 9.89 Å². The fourth-order valence-corrected chi connectivity index (χ4v) is 3.31. The maximum Gasteiger partial charge on any atom is 0.401 e. The molecule has 164 valence electrons. The molecule has 0 aromatic heterocycles. The van der Waals surface area contributed by atoms with Gasteiger partial charge in [0.1, 0.15) is 0 Å². The summed E-state index contributed by atoms with van der Waals surface area (Å²) in [7, 11) is 1.65. The highest BCUT2D eigenvalue weighted by Gasteiger charge is 2.34. The van der Waals surface area contributed by atoms with Gasteiger partial charge < -0.3 is 20.1 Å². The van der Waals surface area contributed by atoms with Crippen molar-refractivity contribution in [2.24, 2.45) is 4.99 Å². The molecule has 0 bridgehead atoms. The van der Waals surface area contributed by atoms with Crippen molar-refractivity contribution in [1.29, 1.82) is 0 Å². The summed E-state index contributed by atoms with van der Waals surface area (Å²) in [6, 6.07) is 5.83. The van der Waals surface area contributed by atoms with Crippen LogP contribution in [0.25, 0.3) is 0 Å². The second-order valence-electron chi connectivity index (χ2n) is 6.88. The molecule has 0 amide bonds. The Labute approximate surface area is 170 Å². The summed E-state index contributed by atoms with van der Waals surface area (Å²) in [5, 5.41) is 6.44. The highest BCUT2D eigenvalue weighted by atomic mass is 19.4. The third kappa shape index (κ3) is 8.00. The fraction of sp³-hybridized carbons (Fsp3) is 0.650. The molecule has 1 saturated heterocycles. The Morgan fingerprint density at radius 3 is 2.59 bits per heavy atom. The van der Waals surface area contributed by atoms with E-state index in [-0.39, 0.29) is 6.04 Å². The van der Waals surface area contributed by atoms with Crippen molar-refractivity contribution in [3.05, 3.63) is 23.8 Å². The lowest BCUT2D eigenvalue weighted by Crippen LogP contribution is -2.45. The van der Waals surface area contributed by atoms with Gasteiger partial charge in [-0.05, 0) is 44.4 Å². The molecule has 1 unspecified atom stereocenters. The van der Waals surface area contributed by atoms with Gasteiger partial charge in [-0.2, -0.15) is 13.2 Å². The van der Waals surface area contributed by atoms with Crippen molar-refractivity contribution in [3.63, 3.8) is 0 Å². The lowest BCUT2D eigenvalue weighted by atomic mass is 10.1. The molecular weight excluding hydrogens is 385 g/mol. The van der Waals surface area contributed by atoms with Crippen molar-refractivity contribution >= 4 is 5.96 Å². The average Bonchev–Trinajstić information content (AvgIpc) is 3.08. The number of guanidine groups is 1. The maximum absolute atomic E-state index is 12.5. The van der Waals surface area contributed by atoms with E-state index in [9.17, 15) is 13.2 Å². The van der Waals surface area contributed by atoms with E-state index < -0.39 is 12.7 Å². The molecule has 1 aliphatic rings. The predicted octanol–water partition coefficient (Wildman–Crippen LogP) is 2.83. The number of nitrogens with zero attached hydrogens (tertiary/aromatic N) is 2. The summed E-state index contributed by atoms with van der Waals surface area (Å²) >= 11 is 0. The average molecular weight is 416 g/mol. The molecule has 0 aliphatic carbocycles. The smallest absolute Gasteiger partial charge is 0.401 e. The molecule has 0 saturated carbocycles. The molecular formula is C20H31F3N4O2. The van der Waals surface area contributed by atoms with Crippen LogP contribution in [0.1, 0.15) is 25.8 Å². The van der Waals surface area contributed by atoms with Crippen LogP contribution in [0, 0.1) is 0 Å². The largest absolute Gasteiger partial charge is 0.490 e. The van der Waals surface area contributed by atoms with E-state index in [2.05, 4.69) is 15.6 Å². The van der Waals surface area contributed by atoms with Crippen LogP contribution in [0.15, 0.2) is 23.2 Å². The van der Waals surface area contributed by atoms with Crippen molar-refractivity contribution in [2.75, 3.05) is 46.4 Å². The number of hydrogen-bond acceptors (Lipinski definition) is 4. The minimum Gasteiger partial charge on any atom is -0.490 e. The molecule has 9 heteroatoms. The van der Waals surface area contributed by atoms with E-state index in [1.54, 1.807) is 7.05 Å². The molecule has 1 aliphatic heterocycles. The Bertz CT molecular complexity index is 668. The summed E-state index contributed by atoms with van der Waals surface area (Å²) in [5.41, 5.74) is 1.09. The van der Waals surface area contributed by atoms with Gasteiger partial charge in [-0.1, -0.05) is 6.07 Å². The predicted molar refractivity (Wildman–Crippen MR) is 108 cm³/mol. The monoisotopic (exact) mass is 416 g/mol. The molecule has 6 nitrogen and oxygen atoms in total. The Morgan fingerprint density at radius 1 is 1.21 bits per heavy atom. The van der Waals surface area contributed by atoms with Gasteiger partial charge in [0, 0.05) is 32.7 Å². The van der Waals surface area contributed by atoms with Gasteiger partial charge in [-0.25, -0.2) is 0 Å². The zero-order valence-corrected chi connectivity index (χ0v) is 17.3. The minimum atomic E-state index is -4.16. The first-order valence-electron chi connectivity index (χ1n) is 9.99. The maximum atomic E-state index is 12.5. The van der Waals surface area contributed by atoms with E-state index in [1.165, 1.54) is 4.90 Å². The minimum absolute atomic E-state index is 0.0430. The summed E-state index contributed by atoms with van der Waals surface area (Å²) in [6.45, 7) is 5.56. The van der Waals surface area contributed by atoms with E-state index in [0.29, 0.717) is 45.2 Å². The lowest BCUT2D eigenvalue weighted by Gasteiger charge is -2.20. The van der Waals surface area contributed by atoms with Crippen LogP contribution in [-0.2, 0) is 6.42 Å². The van der Waals surface area contributed by atoms with Crippen LogP contribution in [0.4, 0.5) is 13.2 Å². The quantitative estimate of drug-likeness (QED) is 0.479. The molecule has 1 heterocycles. The molecule has 0 spiro atoms. The van der Waals surface area contributed by atoms with Crippen LogP contribution in [0.5, 0.6) is 11.5 Å². The van der Waals surface area contributed by atoms with E-state index in [4.69, 9.17) is 9.47 Å². The topological polar surface area (TPSA) is 58.1 Å². The molecule has 0 radical (unpaired) electrons. The van der Waals surface area contributed by atoms with E-state index in [0.717, 1.165) is 23.5 Å². The summed E-state index contributed by atoms with van der Waals surface area (Å²) in [6.07, 6.45) is -2.75. The van der Waals surface area contributed by atoms with Gasteiger partial charge >= 0.3 is 6.18 Å². The standard InChI is InChI=1S/C20H31F3N4O2/c1-4-28-17-7-6-15(12-18(17)29-5-2)8-10-25-19(24-3)26-16-9-11-27(13-16)14-20(21,22)23/h6-7,12,16H,4-5,8-11,13-14H2,1-3H3,(H2,24,25,26). The van der Waals surface area contributed by atoms with Gasteiger partial charge in [0.2, 0.25) is 0 Å². The first kappa shape index (κ1) is 23.1. The van der Waals surface area contributed by atoms with E-state index in [1.807, 2.05) is 32.0 Å². The highest BCUT2D eigenvalue weighted by molar-refractivity contribution is 5.80. The van der Waals surface area contributed by atoms with Gasteiger partial charge in [0.15, 0.2) is 17.5 Å². The molecule has 1 aromatic carbocycles. The van der Waals surface area contributed by atoms with Gasteiger partial charge in [-0.15, -0.1) is 0 Å². The Hall–Kier alpha value is -2.16. The zero-order chi connectivity index (χ0) is 21.3. The summed E-state index contributed by atoms with van der Waals surface area (Å²) in [5.74, 6) is 2.05. The van der Waals surface area contributed by atoms with Crippen LogP contribution in [0.2, 0.25) is 0 Å². The van der Waals surface area contributed by atoms with Crippen molar-refractivity contribution < 1.29 is 22.6 Å². The molecule has 1 atom stereocenters. The SMILES string of the molecule is CCOc1ccc(CCNC(=NC)NC2CCN(CC(F)(F)F)C2)cc1OCC. The third-order valence-corrected chi connectivity index (χ3v) is 4.55. The molecule has 2 rings (SSSR count). The third-order valence-electron chi connectivity index (χ3n) is 4.55. The Kier molecular flexibility index (Phi) is 8.88. The number of aliphatic imine (C=N–C) groups is 1. The number of likely N-dealkylation sites (tertiary alicyclic amines) is 1. The van der Waals surface area contributed by atoms with Gasteiger partial charge in [0.05, 0.1) is 19.8 Å². The highest BCUT2D eigenvalue weighted by Crippen LogP contribution is 2.28. The summed E-state index contributed by atoms with van der Waals surface area (Å²) in [4.78, 5) is 5.59. The van der Waals surface area contributed by atoms with Crippen LogP contribution >= 0.6 is 0 Å². The second kappa shape index (κ2) is 11.1. The molecule has 2 N–H and O–H groups in total. The number of benzene rings is 1. The fourth-order valence-electron chi connectivity index (χ4n) is 3.31. The molecule has 1 fully saturated rings. The number of alkyl halides is 3. The second-order valence-corrected chi connectivity index (χ2v) is 6.88. The number of rotatable bonds is 9. The van der Waals surface area contributed by atoms with Crippen molar-refractivity contribution in [3.8, 4) is 11.5 Å². The van der Waals surface area contributed by atoms with Crippen molar-refractivity contribution in [2.45, 2.75) is 38.9 Å². The number of hydrogen-bond donors (Lipinski definition) is 2. The van der Waals surface area contributed by atoms with E-state index >= 15 is 0 Å². The Morgan fingerprint density at radius 2 is 1.93 bits per heavy atom. The zero-order valence-electron chi connectivity index (χ0n) is 17.3. The van der Waals surface area contributed by atoms with Crippen LogP contribution < -0.4 is 20.1 Å². The Balaban J connectivity index is 1.81. The van der Waals surface area contributed by atoms with Crippen LogP contribution in [-0.4, -0.2) is 69.5 Å². The van der Waals surface area contributed by atoms with Gasteiger partial charge in [0.25, 0.3) is 0 Å². The van der Waals surface area contributed by atoms with Crippen molar-refractivity contribution in [1.82, 2.24) is 15.5 Å². The summed E-state index contributed by atoms with van der Waals surface area (Å²) < 4.78 is 48.8. The number of ether oxygens (including phenoxy) is 2. The number of nitrogens with one attached hydrogen (secondary N) is 2. The lowest BCUT2D eigenvalue weighted by molar-refractivity contribution is -0.143. The molecule has 1 aromatic rings. The molecule has 29 heavy (non-hydrogen) atoms. The number of halogens is 3. The first-order chi connectivity index (χ1) is 13.8. The van der Waals surface area contributed by atoms with Crippen LogP contribution in [0.3, 0.4) is 0 Å². The first-order valence-corrected chi connectivity index (χ1v) is 9.99. The normalized spacial score (nSPS) is 18.0.